The lowest BCUT2D eigenvalue weighted by Crippen LogP contribution is -2.36. The van der Waals surface area contributed by atoms with Crippen LogP contribution in [0.1, 0.15) is 12.8 Å². The van der Waals surface area contributed by atoms with Crippen molar-refractivity contribution >= 4 is 28.1 Å². The summed E-state index contributed by atoms with van der Waals surface area (Å²) >= 11 is 0. The first-order chi connectivity index (χ1) is 12.5. The summed E-state index contributed by atoms with van der Waals surface area (Å²) in [6, 6.07) is 9.40. The largest absolute Gasteiger partial charge is 0.391 e. The van der Waals surface area contributed by atoms with Gasteiger partial charge in [0.1, 0.15) is 0 Å². The van der Waals surface area contributed by atoms with Gasteiger partial charge in [0.05, 0.1) is 29.9 Å². The minimum absolute atomic E-state index is 0.0159. The highest BCUT2D eigenvalue weighted by atomic mass is 19.4. The summed E-state index contributed by atoms with van der Waals surface area (Å²) in [5.41, 5.74) is 2.48. The van der Waals surface area contributed by atoms with Crippen LogP contribution in [0.25, 0.3) is 10.9 Å². The minimum atomic E-state index is -4.14. The number of H-pyrrole nitrogens is 1. The Balaban J connectivity index is 1.53. The predicted octanol–water partition coefficient (Wildman–Crippen LogP) is 4.64. The topological polar surface area (TPSA) is 56.8 Å². The van der Waals surface area contributed by atoms with Crippen molar-refractivity contribution < 1.29 is 13.2 Å². The van der Waals surface area contributed by atoms with E-state index < -0.39 is 12.1 Å². The molecule has 0 amide bonds. The zero-order valence-electron chi connectivity index (χ0n) is 13.8. The van der Waals surface area contributed by atoms with Crippen LogP contribution in [0, 0.1) is 12.5 Å². The third kappa shape index (κ3) is 3.31. The molecule has 0 saturated carbocycles. The minimum Gasteiger partial charge on any atom is -0.363 e. The first-order valence-corrected chi connectivity index (χ1v) is 8.32. The summed E-state index contributed by atoms with van der Waals surface area (Å²) < 4.78 is 38.6. The van der Waals surface area contributed by atoms with Crippen molar-refractivity contribution in [2.75, 3.05) is 16.8 Å². The molecule has 8 heteroatoms. The second-order valence-corrected chi connectivity index (χ2v) is 6.31. The van der Waals surface area contributed by atoms with Gasteiger partial charge in [-0.15, -0.1) is 0 Å². The smallest absolute Gasteiger partial charge is 0.363 e. The van der Waals surface area contributed by atoms with Crippen LogP contribution in [0.5, 0.6) is 0 Å². The van der Waals surface area contributed by atoms with Gasteiger partial charge in [-0.2, -0.15) is 18.3 Å². The van der Waals surface area contributed by atoms with Crippen LogP contribution in [0.15, 0.2) is 42.7 Å². The summed E-state index contributed by atoms with van der Waals surface area (Å²) in [6.07, 6.45) is -0.682. The number of piperidine rings is 1. The number of fused-ring (bicyclic) bond motifs is 1. The lowest BCUT2D eigenvalue weighted by Gasteiger charge is -2.34. The molecular weight excluding hydrogens is 343 g/mol. The highest BCUT2D eigenvalue weighted by Gasteiger charge is 2.41. The fourth-order valence-corrected chi connectivity index (χ4v) is 3.15. The summed E-state index contributed by atoms with van der Waals surface area (Å²) in [4.78, 5) is 6.20. The molecule has 0 spiro atoms. The Labute approximate surface area is 148 Å². The third-order valence-electron chi connectivity index (χ3n) is 4.59. The van der Waals surface area contributed by atoms with Crippen molar-refractivity contribution in [3.8, 4) is 0 Å². The van der Waals surface area contributed by atoms with Gasteiger partial charge in [-0.3, -0.25) is 5.10 Å². The number of pyridine rings is 1. The molecule has 135 valence electrons. The predicted molar refractivity (Wildman–Crippen MR) is 94.0 cm³/mol. The number of hydrogen-bond donors (Lipinski definition) is 2. The number of aromatic amines is 1. The number of rotatable bonds is 3. The van der Waals surface area contributed by atoms with Crippen LogP contribution in [0.2, 0.25) is 0 Å². The van der Waals surface area contributed by atoms with E-state index in [1.165, 1.54) is 0 Å². The number of nitrogens with zero attached hydrogens (tertiary/aromatic N) is 3. The van der Waals surface area contributed by atoms with Gasteiger partial charge in [-0.05, 0) is 43.2 Å². The summed E-state index contributed by atoms with van der Waals surface area (Å²) in [5.74, 6) is -0.664. The zero-order valence-corrected chi connectivity index (χ0v) is 13.8. The molecule has 3 aromatic rings. The van der Waals surface area contributed by atoms with Gasteiger partial charge in [0.25, 0.3) is 0 Å². The lowest BCUT2D eigenvalue weighted by molar-refractivity contribution is -0.177. The summed E-state index contributed by atoms with van der Waals surface area (Å²) in [6.45, 7) is 1.92. The fourth-order valence-electron chi connectivity index (χ4n) is 3.15. The van der Waals surface area contributed by atoms with Gasteiger partial charge < -0.3 is 10.2 Å². The molecule has 0 aliphatic carbocycles. The van der Waals surface area contributed by atoms with E-state index in [1.807, 2.05) is 29.2 Å². The number of nitrogens with one attached hydrogen (secondary N) is 2. The van der Waals surface area contributed by atoms with E-state index in [0.29, 0.717) is 12.4 Å². The van der Waals surface area contributed by atoms with Crippen molar-refractivity contribution in [1.29, 1.82) is 0 Å². The van der Waals surface area contributed by atoms with Crippen molar-refractivity contribution in [3.05, 3.63) is 49.3 Å². The second-order valence-electron chi connectivity index (χ2n) is 6.31. The first-order valence-electron chi connectivity index (χ1n) is 8.32. The number of aromatic nitrogens is 3. The number of alkyl halides is 3. The van der Waals surface area contributed by atoms with E-state index in [4.69, 9.17) is 0 Å². The Morgan fingerprint density at radius 3 is 2.88 bits per heavy atom. The first kappa shape index (κ1) is 16.7. The summed E-state index contributed by atoms with van der Waals surface area (Å²) in [5, 5.41) is 11.2. The van der Waals surface area contributed by atoms with E-state index in [9.17, 15) is 13.2 Å². The van der Waals surface area contributed by atoms with Crippen molar-refractivity contribution in [2.45, 2.75) is 19.0 Å². The Hall–Kier alpha value is -2.77. The molecule has 2 N–H and O–H groups in total. The number of halogens is 3. The summed E-state index contributed by atoms with van der Waals surface area (Å²) in [7, 11) is 0. The van der Waals surface area contributed by atoms with Crippen molar-refractivity contribution in [2.24, 2.45) is 5.92 Å². The molecule has 1 unspecified atom stereocenters. The highest BCUT2D eigenvalue weighted by molar-refractivity contribution is 5.83. The van der Waals surface area contributed by atoms with Gasteiger partial charge in [0.2, 0.25) is 0 Å². The van der Waals surface area contributed by atoms with Crippen LogP contribution in [-0.4, -0.2) is 27.9 Å². The van der Waals surface area contributed by atoms with E-state index in [2.05, 4.69) is 20.5 Å². The van der Waals surface area contributed by atoms with Crippen LogP contribution < -0.4 is 10.2 Å². The van der Waals surface area contributed by atoms with E-state index >= 15 is 0 Å². The van der Waals surface area contributed by atoms with Crippen LogP contribution >= 0.6 is 0 Å². The zero-order chi connectivity index (χ0) is 18.1. The molecular formula is C18H17F3N5. The van der Waals surface area contributed by atoms with E-state index in [0.717, 1.165) is 22.3 Å². The Kier molecular flexibility index (Phi) is 4.18. The molecule has 1 aliphatic rings. The molecule has 1 aliphatic heterocycles. The molecule has 0 bridgehead atoms. The Morgan fingerprint density at radius 1 is 1.23 bits per heavy atom. The van der Waals surface area contributed by atoms with Gasteiger partial charge in [0, 0.05) is 23.8 Å². The highest BCUT2D eigenvalue weighted by Crippen LogP contribution is 2.38. The molecule has 5 nitrogen and oxygen atoms in total. The Bertz CT molecular complexity index is 897. The van der Waals surface area contributed by atoms with Gasteiger partial charge >= 0.3 is 6.18 Å². The third-order valence-corrected chi connectivity index (χ3v) is 4.59. The van der Waals surface area contributed by atoms with E-state index in [-0.39, 0.29) is 12.8 Å². The molecule has 1 radical (unpaired) electrons. The Morgan fingerprint density at radius 2 is 2.12 bits per heavy atom. The maximum atomic E-state index is 12.9. The average molecular weight is 360 g/mol. The normalized spacial score (nSPS) is 16.2. The quantitative estimate of drug-likeness (QED) is 0.714. The molecule has 1 fully saturated rings. The lowest BCUT2D eigenvalue weighted by atomic mass is 9.96. The number of hydrogen-bond acceptors (Lipinski definition) is 4. The second kappa shape index (κ2) is 6.51. The maximum absolute atomic E-state index is 12.9. The van der Waals surface area contributed by atoms with Crippen LogP contribution in [-0.2, 0) is 0 Å². The van der Waals surface area contributed by atoms with Crippen LogP contribution in [0.3, 0.4) is 0 Å². The molecule has 4 rings (SSSR count). The monoisotopic (exact) mass is 360 g/mol. The fraction of sp³-hybridized carbons (Fsp3) is 0.278. The van der Waals surface area contributed by atoms with Crippen molar-refractivity contribution in [1.82, 2.24) is 15.2 Å². The molecule has 1 atom stereocenters. The molecule has 26 heavy (non-hydrogen) atoms. The van der Waals surface area contributed by atoms with Crippen molar-refractivity contribution in [3.63, 3.8) is 0 Å². The molecule has 1 aromatic carbocycles. The standard InChI is InChI=1S/C18H17F3N5/c19-18(20,21)13-5-8-26(9-6-13)16-2-1-7-22-17(16)24-14-4-3-12-11-23-25-15(12)10-14/h1-4,7-8,10-11,13H,5-6,9H2,(H,22,24)(H,23,25). The van der Waals surface area contributed by atoms with E-state index in [1.54, 1.807) is 25.0 Å². The van der Waals surface area contributed by atoms with Crippen LogP contribution in [0.4, 0.5) is 30.4 Å². The number of anilines is 3. The SMILES string of the molecule is FC(F)(F)C1C[CH]N(c2cccnc2Nc2ccc3cn[nH]c3c2)CC1. The average Bonchev–Trinajstić information content (AvgIpc) is 3.09. The molecule has 2 aromatic heterocycles. The van der Waals surface area contributed by atoms with Gasteiger partial charge in [-0.25, -0.2) is 4.98 Å². The van der Waals surface area contributed by atoms with Gasteiger partial charge in [-0.1, -0.05) is 0 Å². The molecule has 1 saturated heterocycles. The van der Waals surface area contributed by atoms with Gasteiger partial charge in [0.15, 0.2) is 5.82 Å². The molecule has 3 heterocycles. The maximum Gasteiger partial charge on any atom is 0.391 e. The number of benzene rings is 1.